The van der Waals surface area contributed by atoms with Crippen molar-refractivity contribution in [3.8, 4) is 17.2 Å². The normalized spacial score (nSPS) is 12.2. The molecule has 0 amide bonds. The summed E-state index contributed by atoms with van der Waals surface area (Å²) in [7, 11) is 1.05. The summed E-state index contributed by atoms with van der Waals surface area (Å²) < 4.78 is 45.0. The van der Waals surface area contributed by atoms with E-state index in [0.717, 1.165) is 18.2 Å². The van der Waals surface area contributed by atoms with Gasteiger partial charge in [0.2, 0.25) is 0 Å². The average molecular weight is 409 g/mol. The molecular formula is C21H22F3NO4. The SMILES string of the molecule is C/C=C/COc1cc(C)c(OOc2cccc(C(=NOC)C(F)(F)F)c2)c(C)c1. The number of allylic oxidation sites excluding steroid dienone is 1. The molecule has 0 aromatic heterocycles. The summed E-state index contributed by atoms with van der Waals surface area (Å²) in [5, 5.41) is 3.07. The molecule has 0 aliphatic rings. The summed E-state index contributed by atoms with van der Waals surface area (Å²) in [4.78, 5) is 15.0. The van der Waals surface area contributed by atoms with Crippen LogP contribution in [0.4, 0.5) is 13.2 Å². The number of hydrogen-bond donors (Lipinski definition) is 0. The van der Waals surface area contributed by atoms with Gasteiger partial charge in [0.1, 0.15) is 19.5 Å². The van der Waals surface area contributed by atoms with Crippen LogP contribution >= 0.6 is 0 Å². The smallest absolute Gasteiger partial charge is 0.437 e. The number of aryl methyl sites for hydroxylation is 2. The van der Waals surface area contributed by atoms with Gasteiger partial charge in [0.25, 0.3) is 0 Å². The molecule has 0 saturated heterocycles. The zero-order valence-corrected chi connectivity index (χ0v) is 16.5. The van der Waals surface area contributed by atoms with Gasteiger partial charge in [-0.15, -0.1) is 0 Å². The van der Waals surface area contributed by atoms with Gasteiger partial charge in [0.15, 0.2) is 17.2 Å². The largest absolute Gasteiger partial charge is 0.490 e. The molecule has 2 aromatic carbocycles. The highest BCUT2D eigenvalue weighted by atomic mass is 19.4. The van der Waals surface area contributed by atoms with E-state index in [-0.39, 0.29) is 11.3 Å². The Morgan fingerprint density at radius 3 is 2.31 bits per heavy atom. The van der Waals surface area contributed by atoms with Crippen LogP contribution in [-0.4, -0.2) is 25.6 Å². The predicted octanol–water partition coefficient (Wildman–Crippen LogP) is 5.54. The van der Waals surface area contributed by atoms with Gasteiger partial charge in [0.05, 0.1) is 0 Å². The van der Waals surface area contributed by atoms with E-state index in [0.29, 0.717) is 18.1 Å². The second-order valence-corrected chi connectivity index (χ2v) is 6.08. The van der Waals surface area contributed by atoms with Crippen LogP contribution in [-0.2, 0) is 4.84 Å². The van der Waals surface area contributed by atoms with Gasteiger partial charge >= 0.3 is 6.18 Å². The van der Waals surface area contributed by atoms with Gasteiger partial charge < -0.3 is 9.57 Å². The van der Waals surface area contributed by atoms with Crippen LogP contribution in [0.2, 0.25) is 0 Å². The van der Waals surface area contributed by atoms with Crippen LogP contribution < -0.4 is 14.5 Å². The number of rotatable bonds is 8. The van der Waals surface area contributed by atoms with Gasteiger partial charge in [-0.25, -0.2) is 0 Å². The molecule has 0 aliphatic carbocycles. The fourth-order valence-electron chi connectivity index (χ4n) is 2.51. The maximum absolute atomic E-state index is 13.1. The molecule has 0 spiro atoms. The highest BCUT2D eigenvalue weighted by Gasteiger charge is 2.38. The Kier molecular flexibility index (Phi) is 7.52. The lowest BCUT2D eigenvalue weighted by atomic mass is 10.1. The lowest BCUT2D eigenvalue weighted by Gasteiger charge is -2.14. The molecule has 0 saturated carbocycles. The maximum atomic E-state index is 13.1. The molecule has 0 fully saturated rings. The van der Waals surface area contributed by atoms with E-state index in [1.807, 2.05) is 32.9 Å². The van der Waals surface area contributed by atoms with Gasteiger partial charge in [-0.05, 0) is 45.0 Å². The monoisotopic (exact) mass is 409 g/mol. The minimum Gasteiger partial charge on any atom is -0.490 e. The van der Waals surface area contributed by atoms with Crippen molar-refractivity contribution < 1.29 is 32.5 Å². The fraction of sp³-hybridized carbons (Fsp3) is 0.286. The van der Waals surface area contributed by atoms with E-state index in [1.165, 1.54) is 24.3 Å². The van der Waals surface area contributed by atoms with Crippen LogP contribution in [0.15, 0.2) is 53.7 Å². The van der Waals surface area contributed by atoms with E-state index < -0.39 is 11.9 Å². The molecule has 0 aliphatic heterocycles. The summed E-state index contributed by atoms with van der Waals surface area (Å²) in [6, 6.07) is 8.89. The summed E-state index contributed by atoms with van der Waals surface area (Å²) in [5.41, 5.74) is 0.143. The number of halogens is 3. The summed E-state index contributed by atoms with van der Waals surface area (Å²) >= 11 is 0. The van der Waals surface area contributed by atoms with Crippen molar-refractivity contribution in [2.24, 2.45) is 5.16 Å². The van der Waals surface area contributed by atoms with Crippen molar-refractivity contribution in [2.45, 2.75) is 26.9 Å². The van der Waals surface area contributed by atoms with E-state index in [4.69, 9.17) is 14.5 Å². The maximum Gasteiger partial charge on any atom is 0.437 e. The molecular weight excluding hydrogens is 387 g/mol. The highest BCUT2D eigenvalue weighted by molar-refractivity contribution is 6.04. The van der Waals surface area contributed by atoms with Crippen LogP contribution in [0.5, 0.6) is 17.2 Å². The molecule has 0 radical (unpaired) electrons. The lowest BCUT2D eigenvalue weighted by Crippen LogP contribution is -2.24. The molecule has 0 atom stereocenters. The van der Waals surface area contributed by atoms with Crippen LogP contribution in [0.3, 0.4) is 0 Å². The molecule has 2 rings (SSSR count). The number of oxime groups is 1. The Hall–Kier alpha value is -3.16. The topological polar surface area (TPSA) is 49.3 Å². The summed E-state index contributed by atoms with van der Waals surface area (Å²) in [6.07, 6.45) is -0.903. The number of ether oxygens (including phenoxy) is 1. The van der Waals surface area contributed by atoms with Gasteiger partial charge in [-0.2, -0.15) is 13.2 Å². The molecule has 5 nitrogen and oxygen atoms in total. The summed E-state index contributed by atoms with van der Waals surface area (Å²) in [6.45, 7) is 5.99. The van der Waals surface area contributed by atoms with E-state index in [9.17, 15) is 13.2 Å². The minimum atomic E-state index is -4.68. The second-order valence-electron chi connectivity index (χ2n) is 6.08. The Labute approximate surface area is 167 Å². The molecule has 0 N–H and O–H groups in total. The molecule has 0 bridgehead atoms. The van der Waals surface area contributed by atoms with Crippen molar-refractivity contribution in [1.29, 1.82) is 0 Å². The van der Waals surface area contributed by atoms with E-state index in [1.54, 1.807) is 12.1 Å². The quantitative estimate of drug-likeness (QED) is 0.248. The first-order valence-electron chi connectivity index (χ1n) is 8.74. The van der Waals surface area contributed by atoms with E-state index >= 15 is 0 Å². The Morgan fingerprint density at radius 1 is 1.03 bits per heavy atom. The van der Waals surface area contributed by atoms with Gasteiger partial charge in [-0.1, -0.05) is 29.4 Å². The number of hydrogen-bond acceptors (Lipinski definition) is 5. The summed E-state index contributed by atoms with van der Waals surface area (Å²) in [5.74, 6) is 1.22. The lowest BCUT2D eigenvalue weighted by molar-refractivity contribution is -0.101. The van der Waals surface area contributed by atoms with Gasteiger partial charge in [-0.3, -0.25) is 9.78 Å². The Balaban J connectivity index is 2.17. The van der Waals surface area contributed by atoms with Crippen molar-refractivity contribution in [3.63, 3.8) is 0 Å². The molecule has 2 aromatic rings. The standard InChI is InChI=1S/C21H22F3NO4/c1-5-6-10-27-18-11-14(2)19(15(3)12-18)29-28-17-9-7-8-16(13-17)20(25-26-4)21(22,23)24/h5-9,11-13H,10H2,1-4H3/b6-5+,25-20?. The molecule has 0 unspecified atom stereocenters. The minimum absolute atomic E-state index is 0.0859. The first kappa shape index (κ1) is 22.1. The fourth-order valence-corrected chi connectivity index (χ4v) is 2.51. The van der Waals surface area contributed by atoms with E-state index in [2.05, 4.69) is 9.99 Å². The van der Waals surface area contributed by atoms with Crippen LogP contribution in [0.1, 0.15) is 23.6 Å². The van der Waals surface area contributed by atoms with Crippen molar-refractivity contribution in [1.82, 2.24) is 0 Å². The van der Waals surface area contributed by atoms with Crippen molar-refractivity contribution >= 4 is 5.71 Å². The highest BCUT2D eigenvalue weighted by Crippen LogP contribution is 2.30. The zero-order chi connectivity index (χ0) is 21.4. The number of benzene rings is 2. The molecule has 0 heterocycles. The Bertz CT molecular complexity index is 869. The zero-order valence-electron chi connectivity index (χ0n) is 16.5. The van der Waals surface area contributed by atoms with Gasteiger partial charge in [0, 0.05) is 16.7 Å². The molecule has 29 heavy (non-hydrogen) atoms. The third kappa shape index (κ3) is 6.17. The average Bonchev–Trinajstić information content (AvgIpc) is 2.65. The van der Waals surface area contributed by atoms with Crippen molar-refractivity contribution in [2.75, 3.05) is 13.7 Å². The van der Waals surface area contributed by atoms with Crippen LogP contribution in [0.25, 0.3) is 0 Å². The first-order chi connectivity index (χ1) is 13.8. The van der Waals surface area contributed by atoms with Crippen molar-refractivity contribution in [3.05, 3.63) is 65.2 Å². The molecule has 8 heteroatoms. The number of nitrogens with zero attached hydrogens (tertiary/aromatic N) is 1. The third-order valence-electron chi connectivity index (χ3n) is 3.80. The Morgan fingerprint density at radius 2 is 1.72 bits per heavy atom. The first-order valence-corrected chi connectivity index (χ1v) is 8.74. The third-order valence-corrected chi connectivity index (χ3v) is 3.80. The predicted molar refractivity (Wildman–Crippen MR) is 104 cm³/mol. The second kappa shape index (κ2) is 9.86. The molecule has 156 valence electrons. The van der Waals surface area contributed by atoms with Crippen LogP contribution in [0, 0.1) is 13.8 Å². The number of alkyl halides is 3.